The second kappa shape index (κ2) is 7.93. The van der Waals surface area contributed by atoms with Crippen LogP contribution in [0, 0.1) is 0 Å². The summed E-state index contributed by atoms with van der Waals surface area (Å²) in [6, 6.07) is 3.84. The maximum Gasteiger partial charge on any atom is 0.137 e. The Morgan fingerprint density at radius 1 is 1.25 bits per heavy atom. The summed E-state index contributed by atoms with van der Waals surface area (Å²) in [4.78, 5) is 4.23. The van der Waals surface area contributed by atoms with Crippen LogP contribution in [0.5, 0.6) is 5.75 Å². The molecule has 4 nitrogen and oxygen atoms in total. The number of hydrogen-bond acceptors (Lipinski definition) is 4. The summed E-state index contributed by atoms with van der Waals surface area (Å²) in [6.07, 6.45) is 6.44. The topological polar surface area (TPSA) is 60.2 Å². The van der Waals surface area contributed by atoms with E-state index in [4.69, 9.17) is 10.5 Å². The Labute approximate surface area is 97.2 Å². The highest BCUT2D eigenvalue weighted by atomic mass is 16.5. The molecule has 3 N–H and O–H groups in total. The van der Waals surface area contributed by atoms with Gasteiger partial charge in [0.05, 0.1) is 13.3 Å². The Bertz CT molecular complexity index is 274. The maximum atomic E-state index is 5.42. The molecule has 0 bridgehead atoms. The third-order valence-corrected chi connectivity index (χ3v) is 2.41. The third kappa shape index (κ3) is 4.98. The zero-order chi connectivity index (χ0) is 11.6. The SMILES string of the molecule is COc1ccc(NCCCCCCN)nc1. The van der Waals surface area contributed by atoms with Crippen LogP contribution in [-0.2, 0) is 0 Å². The molecular weight excluding hydrogens is 202 g/mol. The van der Waals surface area contributed by atoms with Crippen molar-refractivity contribution >= 4 is 5.82 Å². The van der Waals surface area contributed by atoms with Crippen LogP contribution in [0.2, 0.25) is 0 Å². The van der Waals surface area contributed by atoms with E-state index in [9.17, 15) is 0 Å². The predicted molar refractivity (Wildman–Crippen MR) is 66.8 cm³/mol. The molecule has 0 aliphatic rings. The zero-order valence-electron chi connectivity index (χ0n) is 9.91. The summed E-state index contributed by atoms with van der Waals surface area (Å²) in [7, 11) is 1.64. The number of rotatable bonds is 8. The highest BCUT2D eigenvalue weighted by Gasteiger charge is 1.94. The summed E-state index contributed by atoms with van der Waals surface area (Å²) < 4.78 is 5.04. The van der Waals surface area contributed by atoms with Crippen molar-refractivity contribution in [3.05, 3.63) is 18.3 Å². The molecule has 90 valence electrons. The maximum absolute atomic E-state index is 5.42. The minimum absolute atomic E-state index is 0.786. The van der Waals surface area contributed by atoms with Gasteiger partial charge in [-0.15, -0.1) is 0 Å². The van der Waals surface area contributed by atoms with Crippen LogP contribution in [0.4, 0.5) is 5.82 Å². The van der Waals surface area contributed by atoms with Crippen molar-refractivity contribution in [3.8, 4) is 5.75 Å². The smallest absolute Gasteiger partial charge is 0.137 e. The fourth-order valence-electron chi connectivity index (χ4n) is 1.44. The fraction of sp³-hybridized carbons (Fsp3) is 0.583. The third-order valence-electron chi connectivity index (χ3n) is 2.41. The van der Waals surface area contributed by atoms with E-state index < -0.39 is 0 Å². The zero-order valence-corrected chi connectivity index (χ0v) is 9.91. The Balaban J connectivity index is 2.12. The number of nitrogens with zero attached hydrogens (tertiary/aromatic N) is 1. The monoisotopic (exact) mass is 223 g/mol. The van der Waals surface area contributed by atoms with Crippen LogP contribution >= 0.6 is 0 Å². The van der Waals surface area contributed by atoms with E-state index in [0.29, 0.717) is 0 Å². The van der Waals surface area contributed by atoms with Crippen molar-refractivity contribution in [3.63, 3.8) is 0 Å². The highest BCUT2D eigenvalue weighted by molar-refractivity contribution is 5.37. The molecule has 16 heavy (non-hydrogen) atoms. The molecule has 0 fully saturated rings. The van der Waals surface area contributed by atoms with E-state index in [1.807, 2.05) is 12.1 Å². The Hall–Kier alpha value is -1.29. The lowest BCUT2D eigenvalue weighted by Gasteiger charge is -2.05. The highest BCUT2D eigenvalue weighted by Crippen LogP contribution is 2.11. The number of pyridine rings is 1. The van der Waals surface area contributed by atoms with Crippen LogP contribution in [0.3, 0.4) is 0 Å². The molecule has 0 saturated carbocycles. The minimum Gasteiger partial charge on any atom is -0.495 e. The van der Waals surface area contributed by atoms with Crippen molar-refractivity contribution in [2.24, 2.45) is 5.73 Å². The van der Waals surface area contributed by atoms with Gasteiger partial charge < -0.3 is 15.8 Å². The van der Waals surface area contributed by atoms with E-state index >= 15 is 0 Å². The second-order valence-electron chi connectivity index (χ2n) is 3.71. The normalized spacial score (nSPS) is 10.1. The van der Waals surface area contributed by atoms with E-state index in [1.165, 1.54) is 12.8 Å². The van der Waals surface area contributed by atoms with E-state index in [2.05, 4.69) is 10.3 Å². The first kappa shape index (κ1) is 12.8. The Morgan fingerprint density at radius 2 is 2.06 bits per heavy atom. The molecule has 4 heteroatoms. The molecule has 1 aromatic heterocycles. The quantitative estimate of drug-likeness (QED) is 0.662. The van der Waals surface area contributed by atoms with Crippen LogP contribution in [0.15, 0.2) is 18.3 Å². The lowest BCUT2D eigenvalue weighted by atomic mass is 10.2. The van der Waals surface area contributed by atoms with Gasteiger partial charge in [-0.05, 0) is 31.5 Å². The first-order valence-electron chi connectivity index (χ1n) is 5.81. The van der Waals surface area contributed by atoms with Crippen molar-refractivity contribution < 1.29 is 4.74 Å². The lowest BCUT2D eigenvalue weighted by molar-refractivity contribution is 0.413. The fourth-order valence-corrected chi connectivity index (χ4v) is 1.44. The van der Waals surface area contributed by atoms with Gasteiger partial charge in [0, 0.05) is 6.54 Å². The minimum atomic E-state index is 0.786. The number of methoxy groups -OCH3 is 1. The molecule has 0 radical (unpaired) electrons. The van der Waals surface area contributed by atoms with Crippen molar-refractivity contribution in [1.29, 1.82) is 0 Å². The molecule has 0 atom stereocenters. The number of aromatic nitrogens is 1. The molecular formula is C12H21N3O. The number of nitrogens with two attached hydrogens (primary N) is 1. The van der Waals surface area contributed by atoms with Crippen molar-refractivity contribution in [2.45, 2.75) is 25.7 Å². The molecule has 0 amide bonds. The van der Waals surface area contributed by atoms with Gasteiger partial charge in [0.1, 0.15) is 11.6 Å². The first-order chi connectivity index (χ1) is 7.86. The van der Waals surface area contributed by atoms with E-state index in [1.54, 1.807) is 13.3 Å². The largest absolute Gasteiger partial charge is 0.495 e. The number of nitrogens with one attached hydrogen (secondary N) is 1. The number of anilines is 1. The first-order valence-corrected chi connectivity index (χ1v) is 5.81. The summed E-state index contributed by atoms with van der Waals surface area (Å²) in [5.41, 5.74) is 5.42. The van der Waals surface area contributed by atoms with Gasteiger partial charge >= 0.3 is 0 Å². The number of hydrogen-bond donors (Lipinski definition) is 2. The van der Waals surface area contributed by atoms with Crippen LogP contribution in [0.1, 0.15) is 25.7 Å². The molecule has 0 aliphatic heterocycles. The van der Waals surface area contributed by atoms with Gasteiger partial charge in [-0.2, -0.15) is 0 Å². The molecule has 0 unspecified atom stereocenters. The molecule has 1 rings (SSSR count). The predicted octanol–water partition coefficient (Wildman–Crippen LogP) is 2.02. The van der Waals surface area contributed by atoms with Gasteiger partial charge in [-0.1, -0.05) is 12.8 Å². The molecule has 1 heterocycles. The average molecular weight is 223 g/mol. The van der Waals surface area contributed by atoms with Crippen LogP contribution in [0.25, 0.3) is 0 Å². The summed E-state index contributed by atoms with van der Waals surface area (Å²) in [5, 5.41) is 3.27. The molecule has 0 saturated heterocycles. The molecule has 0 spiro atoms. The Morgan fingerprint density at radius 3 is 2.69 bits per heavy atom. The average Bonchev–Trinajstić information content (AvgIpc) is 2.34. The lowest BCUT2D eigenvalue weighted by Crippen LogP contribution is -2.04. The van der Waals surface area contributed by atoms with Gasteiger partial charge in [-0.3, -0.25) is 0 Å². The van der Waals surface area contributed by atoms with Crippen LogP contribution < -0.4 is 15.8 Å². The van der Waals surface area contributed by atoms with E-state index in [-0.39, 0.29) is 0 Å². The standard InChI is InChI=1S/C12H21N3O/c1-16-11-6-7-12(15-10-11)14-9-5-3-2-4-8-13/h6-7,10H,2-5,8-9,13H2,1H3,(H,14,15). The van der Waals surface area contributed by atoms with Gasteiger partial charge in [0.2, 0.25) is 0 Å². The molecule has 1 aromatic rings. The van der Waals surface area contributed by atoms with Crippen molar-refractivity contribution in [2.75, 3.05) is 25.5 Å². The van der Waals surface area contributed by atoms with Crippen LogP contribution in [-0.4, -0.2) is 25.2 Å². The van der Waals surface area contributed by atoms with Gasteiger partial charge in [0.15, 0.2) is 0 Å². The second-order valence-corrected chi connectivity index (χ2v) is 3.71. The summed E-state index contributed by atoms with van der Waals surface area (Å²) >= 11 is 0. The van der Waals surface area contributed by atoms with Gasteiger partial charge in [-0.25, -0.2) is 4.98 Å². The molecule has 0 aliphatic carbocycles. The van der Waals surface area contributed by atoms with E-state index in [0.717, 1.165) is 37.5 Å². The van der Waals surface area contributed by atoms with Gasteiger partial charge in [0.25, 0.3) is 0 Å². The van der Waals surface area contributed by atoms with Crippen molar-refractivity contribution in [1.82, 2.24) is 4.98 Å². The molecule has 0 aromatic carbocycles. The summed E-state index contributed by atoms with van der Waals surface area (Å²) in [6.45, 7) is 1.76. The Kier molecular flexibility index (Phi) is 6.33. The number of ether oxygens (including phenoxy) is 1. The summed E-state index contributed by atoms with van der Waals surface area (Å²) in [5.74, 6) is 1.69. The number of unbranched alkanes of at least 4 members (excludes halogenated alkanes) is 3.